The third-order valence-corrected chi connectivity index (χ3v) is 3.76. The minimum absolute atomic E-state index is 0.0207. The number of rotatable bonds is 3. The van der Waals surface area contributed by atoms with E-state index in [4.69, 9.17) is 11.3 Å². The standard InChI is InChI=1S/C16H14F6N4O/c1-4-27-13(14(2)8-12(25-26-14)16(20,21)22)24-9-5-6-11(23-3)10(7-9)15(17,18)19/h5-7,12H,4,8H2,1-2H3/t12?,14-/m1/s1. The first-order valence-corrected chi connectivity index (χ1v) is 7.70. The van der Waals surface area contributed by atoms with Crippen LogP contribution in [0.4, 0.5) is 37.7 Å². The predicted molar refractivity (Wildman–Crippen MR) is 84.1 cm³/mol. The Kier molecular flexibility index (Phi) is 5.49. The fraction of sp³-hybridized carbons (Fsp3) is 0.500. The average molecular weight is 392 g/mol. The zero-order valence-electron chi connectivity index (χ0n) is 14.2. The van der Waals surface area contributed by atoms with Crippen LogP contribution >= 0.6 is 0 Å². The molecule has 0 saturated heterocycles. The van der Waals surface area contributed by atoms with Gasteiger partial charge in [-0.15, -0.1) is 0 Å². The summed E-state index contributed by atoms with van der Waals surface area (Å²) in [4.78, 5) is 6.75. The minimum atomic E-state index is -4.78. The highest BCUT2D eigenvalue weighted by molar-refractivity contribution is 5.89. The van der Waals surface area contributed by atoms with Gasteiger partial charge in [0.05, 0.1) is 24.4 Å². The lowest BCUT2D eigenvalue weighted by Gasteiger charge is -2.23. The summed E-state index contributed by atoms with van der Waals surface area (Å²) >= 11 is 0. The molecule has 5 nitrogen and oxygen atoms in total. The molecule has 11 heteroatoms. The fourth-order valence-corrected chi connectivity index (χ4v) is 2.45. The number of alkyl halides is 6. The summed E-state index contributed by atoms with van der Waals surface area (Å²) in [5.74, 6) is -0.274. The molecule has 2 rings (SSSR count). The number of ether oxygens (including phenoxy) is 1. The van der Waals surface area contributed by atoms with Crippen LogP contribution in [0.1, 0.15) is 25.8 Å². The van der Waals surface area contributed by atoms with Crippen molar-refractivity contribution in [1.82, 2.24) is 0 Å². The monoisotopic (exact) mass is 392 g/mol. The molecular weight excluding hydrogens is 378 g/mol. The summed E-state index contributed by atoms with van der Waals surface area (Å²) < 4.78 is 83.1. The largest absolute Gasteiger partial charge is 0.479 e. The van der Waals surface area contributed by atoms with Crippen molar-refractivity contribution in [2.45, 2.75) is 44.2 Å². The van der Waals surface area contributed by atoms with Crippen molar-refractivity contribution in [2.75, 3.05) is 6.61 Å². The molecule has 0 N–H and O–H groups in total. The lowest BCUT2D eigenvalue weighted by atomic mass is 9.95. The third-order valence-electron chi connectivity index (χ3n) is 3.76. The number of benzene rings is 1. The molecule has 0 saturated carbocycles. The predicted octanol–water partition coefficient (Wildman–Crippen LogP) is 5.87. The molecule has 1 aromatic rings. The molecule has 27 heavy (non-hydrogen) atoms. The lowest BCUT2D eigenvalue weighted by molar-refractivity contribution is -0.147. The van der Waals surface area contributed by atoms with Crippen molar-refractivity contribution in [2.24, 2.45) is 15.2 Å². The van der Waals surface area contributed by atoms with Crippen molar-refractivity contribution in [3.63, 3.8) is 0 Å². The second-order valence-corrected chi connectivity index (χ2v) is 5.91. The smallest absolute Gasteiger partial charge is 0.412 e. The van der Waals surface area contributed by atoms with E-state index in [1.165, 1.54) is 6.92 Å². The lowest BCUT2D eigenvalue weighted by Crippen LogP contribution is -2.37. The third kappa shape index (κ3) is 4.56. The Hall–Kier alpha value is -2.64. The van der Waals surface area contributed by atoms with Gasteiger partial charge < -0.3 is 4.74 Å². The second-order valence-electron chi connectivity index (χ2n) is 5.91. The molecule has 2 atom stereocenters. The number of azo groups is 1. The molecule has 0 aromatic heterocycles. The number of aliphatic imine (C=N–C) groups is 1. The van der Waals surface area contributed by atoms with Crippen LogP contribution in [0.25, 0.3) is 4.85 Å². The number of nitrogens with zero attached hydrogens (tertiary/aromatic N) is 4. The van der Waals surface area contributed by atoms with E-state index in [1.807, 2.05) is 0 Å². The number of hydrogen-bond acceptors (Lipinski definition) is 4. The first-order chi connectivity index (χ1) is 12.4. The first-order valence-electron chi connectivity index (χ1n) is 7.70. The summed E-state index contributed by atoms with van der Waals surface area (Å²) in [6.07, 6.45) is -9.95. The Morgan fingerprint density at radius 1 is 1.33 bits per heavy atom. The Balaban J connectivity index is 2.45. The van der Waals surface area contributed by atoms with Crippen LogP contribution in [-0.2, 0) is 10.9 Å². The molecule has 1 aromatic carbocycles. The van der Waals surface area contributed by atoms with Crippen molar-refractivity contribution in [3.8, 4) is 0 Å². The van der Waals surface area contributed by atoms with E-state index in [2.05, 4.69) is 20.1 Å². The molecule has 1 unspecified atom stereocenters. The molecule has 0 aliphatic carbocycles. The van der Waals surface area contributed by atoms with Gasteiger partial charge in [0, 0.05) is 6.42 Å². The Morgan fingerprint density at radius 3 is 2.48 bits per heavy atom. The summed E-state index contributed by atoms with van der Waals surface area (Å²) in [7, 11) is 0. The van der Waals surface area contributed by atoms with Crippen LogP contribution in [0.15, 0.2) is 33.4 Å². The first kappa shape index (κ1) is 20.7. The highest BCUT2D eigenvalue weighted by Crippen LogP contribution is 2.40. The van der Waals surface area contributed by atoms with E-state index in [0.717, 1.165) is 12.1 Å². The highest BCUT2D eigenvalue weighted by Gasteiger charge is 2.51. The molecule has 1 aliphatic heterocycles. The van der Waals surface area contributed by atoms with Gasteiger partial charge in [0.25, 0.3) is 0 Å². The molecule has 0 bridgehead atoms. The summed E-state index contributed by atoms with van der Waals surface area (Å²) in [6, 6.07) is 0.694. The van der Waals surface area contributed by atoms with Crippen molar-refractivity contribution < 1.29 is 31.1 Å². The van der Waals surface area contributed by atoms with Crippen molar-refractivity contribution in [1.29, 1.82) is 0 Å². The zero-order chi connectivity index (χ0) is 20.5. The maximum atomic E-state index is 13.1. The van der Waals surface area contributed by atoms with Crippen LogP contribution in [0, 0.1) is 6.57 Å². The van der Waals surface area contributed by atoms with E-state index in [-0.39, 0.29) is 18.2 Å². The quantitative estimate of drug-likeness (QED) is 0.275. The van der Waals surface area contributed by atoms with Gasteiger partial charge in [0.1, 0.15) is 0 Å². The molecular formula is C16H14F6N4O. The van der Waals surface area contributed by atoms with Gasteiger partial charge in [-0.05, 0) is 26.0 Å². The van der Waals surface area contributed by atoms with Crippen LogP contribution in [0.2, 0.25) is 0 Å². The Morgan fingerprint density at radius 2 is 2.00 bits per heavy atom. The van der Waals surface area contributed by atoms with E-state index in [1.54, 1.807) is 6.92 Å². The molecule has 0 amide bonds. The summed E-state index contributed by atoms with van der Waals surface area (Å²) in [5.41, 5.74) is -3.58. The van der Waals surface area contributed by atoms with Crippen molar-refractivity contribution in [3.05, 3.63) is 35.2 Å². The highest BCUT2D eigenvalue weighted by atomic mass is 19.4. The minimum Gasteiger partial charge on any atom is -0.479 e. The van der Waals surface area contributed by atoms with Gasteiger partial charge in [-0.1, -0.05) is 6.07 Å². The maximum Gasteiger partial charge on any atom is 0.412 e. The van der Waals surface area contributed by atoms with Gasteiger partial charge in [-0.3, -0.25) is 0 Å². The van der Waals surface area contributed by atoms with E-state index in [0.29, 0.717) is 6.07 Å². The van der Waals surface area contributed by atoms with Crippen LogP contribution in [0.5, 0.6) is 0 Å². The summed E-state index contributed by atoms with van der Waals surface area (Å²) in [5, 5.41) is 6.82. The number of hydrogen-bond donors (Lipinski definition) is 0. The van der Waals surface area contributed by atoms with Gasteiger partial charge in [-0.2, -0.15) is 36.6 Å². The normalized spacial score (nSPS) is 23.4. The molecule has 0 fully saturated rings. The Bertz CT molecular complexity index is 809. The topological polar surface area (TPSA) is 50.7 Å². The van der Waals surface area contributed by atoms with Crippen LogP contribution in [0.3, 0.4) is 0 Å². The van der Waals surface area contributed by atoms with Crippen LogP contribution < -0.4 is 0 Å². The molecule has 146 valence electrons. The van der Waals surface area contributed by atoms with Gasteiger partial charge in [-0.25, -0.2) is 9.84 Å². The zero-order valence-corrected chi connectivity index (χ0v) is 14.2. The molecule has 0 spiro atoms. The van der Waals surface area contributed by atoms with E-state index < -0.39 is 41.6 Å². The second kappa shape index (κ2) is 7.17. The molecule has 1 heterocycles. The SMILES string of the molecule is [C-]#[N+]c1ccc(N=C(OCC)[C@@]2(C)CC(C(F)(F)F)N=N2)cc1C(F)(F)F. The van der Waals surface area contributed by atoms with Gasteiger partial charge in [0.2, 0.25) is 5.90 Å². The van der Waals surface area contributed by atoms with Gasteiger partial charge in [0.15, 0.2) is 17.3 Å². The molecule has 1 aliphatic rings. The number of halogens is 6. The van der Waals surface area contributed by atoms with E-state index in [9.17, 15) is 26.3 Å². The fourth-order valence-electron chi connectivity index (χ4n) is 2.45. The van der Waals surface area contributed by atoms with Crippen LogP contribution in [-0.4, -0.2) is 30.3 Å². The van der Waals surface area contributed by atoms with Gasteiger partial charge >= 0.3 is 12.4 Å². The summed E-state index contributed by atoms with van der Waals surface area (Å²) in [6.45, 7) is 9.71. The molecule has 0 radical (unpaired) electrons. The maximum absolute atomic E-state index is 13.1. The Labute approximate surface area is 150 Å². The average Bonchev–Trinajstić information content (AvgIpc) is 2.97. The van der Waals surface area contributed by atoms with E-state index >= 15 is 0 Å². The van der Waals surface area contributed by atoms with Crippen molar-refractivity contribution >= 4 is 17.3 Å².